The Bertz CT molecular complexity index is 402. The third kappa shape index (κ3) is 3.82. The zero-order chi connectivity index (χ0) is 12.3. The van der Waals surface area contributed by atoms with Crippen LogP contribution in [0.4, 0.5) is 0 Å². The molecule has 0 aliphatic heterocycles. The third-order valence-electron chi connectivity index (χ3n) is 3.01. The maximum atomic E-state index is 11.6. The molecule has 0 aromatic heterocycles. The molecule has 1 saturated carbocycles. The fraction of sp³-hybridized carbons (Fsp3) is 0.462. The highest BCUT2D eigenvalue weighted by atomic mass is 79.9. The van der Waals surface area contributed by atoms with E-state index in [0.29, 0.717) is 19.3 Å². The average molecular weight is 298 g/mol. The van der Waals surface area contributed by atoms with Crippen molar-refractivity contribution < 1.29 is 9.90 Å². The second-order valence-corrected chi connectivity index (χ2v) is 5.44. The van der Waals surface area contributed by atoms with E-state index >= 15 is 0 Å². The van der Waals surface area contributed by atoms with Crippen molar-refractivity contribution in [1.82, 2.24) is 5.32 Å². The zero-order valence-corrected chi connectivity index (χ0v) is 11.1. The molecule has 1 amide bonds. The molecule has 0 atom stereocenters. The summed E-state index contributed by atoms with van der Waals surface area (Å²) in [6, 6.07) is 8.17. The summed E-state index contributed by atoms with van der Waals surface area (Å²) in [5.74, 6) is 0.0712. The maximum absolute atomic E-state index is 11.6. The van der Waals surface area contributed by atoms with Crippen molar-refractivity contribution in [2.75, 3.05) is 0 Å². The third-order valence-corrected chi connectivity index (χ3v) is 3.50. The first kappa shape index (κ1) is 12.6. The second kappa shape index (κ2) is 5.65. The lowest BCUT2D eigenvalue weighted by atomic mass is 9.89. The molecule has 92 valence electrons. The van der Waals surface area contributed by atoms with Crippen LogP contribution in [-0.2, 0) is 11.2 Å². The van der Waals surface area contributed by atoms with Crippen LogP contribution in [0.1, 0.15) is 24.8 Å². The van der Waals surface area contributed by atoms with Gasteiger partial charge in [-0.1, -0.05) is 28.1 Å². The molecule has 0 radical (unpaired) electrons. The van der Waals surface area contributed by atoms with Gasteiger partial charge in [0.1, 0.15) is 0 Å². The predicted molar refractivity (Wildman–Crippen MR) is 69.6 cm³/mol. The van der Waals surface area contributed by atoms with Gasteiger partial charge in [0, 0.05) is 16.9 Å². The van der Waals surface area contributed by atoms with Crippen LogP contribution < -0.4 is 5.32 Å². The number of carbonyl (C=O) groups excluding carboxylic acids is 1. The van der Waals surface area contributed by atoms with Gasteiger partial charge in [-0.25, -0.2) is 0 Å². The Morgan fingerprint density at radius 1 is 1.47 bits per heavy atom. The summed E-state index contributed by atoms with van der Waals surface area (Å²) < 4.78 is 1.04. The van der Waals surface area contributed by atoms with E-state index in [1.807, 2.05) is 24.3 Å². The smallest absolute Gasteiger partial charge is 0.220 e. The van der Waals surface area contributed by atoms with E-state index in [2.05, 4.69) is 21.2 Å². The van der Waals surface area contributed by atoms with E-state index in [1.165, 1.54) is 0 Å². The topological polar surface area (TPSA) is 49.3 Å². The summed E-state index contributed by atoms with van der Waals surface area (Å²) >= 11 is 3.41. The van der Waals surface area contributed by atoms with Gasteiger partial charge in [0.15, 0.2) is 0 Å². The van der Waals surface area contributed by atoms with Crippen LogP contribution >= 0.6 is 15.9 Å². The Kier molecular flexibility index (Phi) is 4.18. The molecule has 17 heavy (non-hydrogen) atoms. The number of hydrogen-bond donors (Lipinski definition) is 2. The Morgan fingerprint density at radius 2 is 2.24 bits per heavy atom. The van der Waals surface area contributed by atoms with Crippen LogP contribution in [0, 0.1) is 0 Å². The molecule has 1 fully saturated rings. The number of aliphatic hydroxyl groups is 1. The number of nitrogens with one attached hydrogen (secondary N) is 1. The number of rotatable bonds is 4. The van der Waals surface area contributed by atoms with Gasteiger partial charge in [-0.15, -0.1) is 0 Å². The minimum Gasteiger partial charge on any atom is -0.393 e. The van der Waals surface area contributed by atoms with Crippen molar-refractivity contribution in [3.05, 3.63) is 34.3 Å². The molecule has 0 heterocycles. The first-order valence-corrected chi connectivity index (χ1v) is 6.64. The summed E-state index contributed by atoms with van der Waals surface area (Å²) in [4.78, 5) is 11.6. The second-order valence-electron chi connectivity index (χ2n) is 4.52. The van der Waals surface area contributed by atoms with E-state index < -0.39 is 0 Å². The number of benzene rings is 1. The van der Waals surface area contributed by atoms with Gasteiger partial charge in [0.25, 0.3) is 0 Å². The summed E-state index contributed by atoms with van der Waals surface area (Å²) in [5, 5.41) is 12.0. The number of halogens is 1. The summed E-state index contributed by atoms with van der Waals surface area (Å²) in [6.07, 6.45) is 2.43. The molecule has 2 rings (SSSR count). The fourth-order valence-corrected chi connectivity index (χ4v) is 2.40. The molecule has 1 aliphatic rings. The molecular formula is C13H16BrNO2. The minimum absolute atomic E-state index is 0.0712. The summed E-state index contributed by atoms with van der Waals surface area (Å²) in [7, 11) is 0. The van der Waals surface area contributed by atoms with Crippen LogP contribution in [0.2, 0.25) is 0 Å². The highest BCUT2D eigenvalue weighted by Gasteiger charge is 2.27. The molecule has 3 nitrogen and oxygen atoms in total. The summed E-state index contributed by atoms with van der Waals surface area (Å²) in [5.41, 5.74) is 1.16. The average Bonchev–Trinajstić information content (AvgIpc) is 2.24. The van der Waals surface area contributed by atoms with Crippen molar-refractivity contribution in [1.29, 1.82) is 0 Å². The lowest BCUT2D eigenvalue weighted by Crippen LogP contribution is -2.46. The van der Waals surface area contributed by atoms with E-state index in [4.69, 9.17) is 5.11 Å². The quantitative estimate of drug-likeness (QED) is 0.893. The Labute approximate surface area is 109 Å². The SMILES string of the molecule is O=C(CCc1cccc(Br)c1)NC1CC(O)C1. The zero-order valence-electron chi connectivity index (χ0n) is 9.53. The molecular weight excluding hydrogens is 282 g/mol. The molecule has 0 saturated heterocycles. The molecule has 1 aromatic rings. The Hall–Kier alpha value is -0.870. The van der Waals surface area contributed by atoms with Gasteiger partial charge < -0.3 is 10.4 Å². The van der Waals surface area contributed by atoms with Crippen molar-refractivity contribution in [3.8, 4) is 0 Å². The molecule has 0 bridgehead atoms. The number of aliphatic hydroxyl groups excluding tert-OH is 1. The lowest BCUT2D eigenvalue weighted by Gasteiger charge is -2.31. The number of aryl methyl sites for hydroxylation is 1. The van der Waals surface area contributed by atoms with Crippen LogP contribution in [0.5, 0.6) is 0 Å². The van der Waals surface area contributed by atoms with Crippen LogP contribution in [0.15, 0.2) is 28.7 Å². The number of carbonyl (C=O) groups is 1. The molecule has 1 aromatic carbocycles. The van der Waals surface area contributed by atoms with E-state index in [1.54, 1.807) is 0 Å². The van der Waals surface area contributed by atoms with Gasteiger partial charge in [-0.05, 0) is 37.0 Å². The largest absolute Gasteiger partial charge is 0.393 e. The minimum atomic E-state index is -0.217. The maximum Gasteiger partial charge on any atom is 0.220 e. The molecule has 4 heteroatoms. The molecule has 0 spiro atoms. The van der Waals surface area contributed by atoms with E-state index in [-0.39, 0.29) is 18.1 Å². The van der Waals surface area contributed by atoms with Gasteiger partial charge in [0.2, 0.25) is 5.91 Å². The number of hydrogen-bond acceptors (Lipinski definition) is 2. The normalized spacial score (nSPS) is 22.9. The van der Waals surface area contributed by atoms with Crippen molar-refractivity contribution in [3.63, 3.8) is 0 Å². The monoisotopic (exact) mass is 297 g/mol. The summed E-state index contributed by atoms with van der Waals surface area (Å²) in [6.45, 7) is 0. The Balaban J connectivity index is 1.72. The van der Waals surface area contributed by atoms with Crippen molar-refractivity contribution >= 4 is 21.8 Å². The van der Waals surface area contributed by atoms with Crippen LogP contribution in [0.25, 0.3) is 0 Å². The highest BCUT2D eigenvalue weighted by molar-refractivity contribution is 9.10. The van der Waals surface area contributed by atoms with Gasteiger partial charge in [-0.2, -0.15) is 0 Å². The van der Waals surface area contributed by atoms with Crippen LogP contribution in [0.3, 0.4) is 0 Å². The first-order valence-electron chi connectivity index (χ1n) is 5.85. The predicted octanol–water partition coefficient (Wildman–Crippen LogP) is 2.02. The highest BCUT2D eigenvalue weighted by Crippen LogP contribution is 2.19. The van der Waals surface area contributed by atoms with E-state index in [9.17, 15) is 4.79 Å². The van der Waals surface area contributed by atoms with Gasteiger partial charge in [0.05, 0.1) is 6.10 Å². The molecule has 1 aliphatic carbocycles. The van der Waals surface area contributed by atoms with E-state index in [0.717, 1.165) is 16.5 Å². The van der Waals surface area contributed by atoms with Crippen LogP contribution in [-0.4, -0.2) is 23.2 Å². The van der Waals surface area contributed by atoms with Gasteiger partial charge in [-0.3, -0.25) is 4.79 Å². The Morgan fingerprint density at radius 3 is 2.88 bits per heavy atom. The van der Waals surface area contributed by atoms with Gasteiger partial charge >= 0.3 is 0 Å². The molecule has 0 unspecified atom stereocenters. The van der Waals surface area contributed by atoms with Crippen molar-refractivity contribution in [2.24, 2.45) is 0 Å². The molecule has 2 N–H and O–H groups in total. The van der Waals surface area contributed by atoms with Crippen molar-refractivity contribution in [2.45, 2.75) is 37.8 Å². The standard InChI is InChI=1S/C13H16BrNO2/c14-10-3-1-2-9(6-10)4-5-13(17)15-11-7-12(16)8-11/h1-3,6,11-12,16H,4-5,7-8H2,(H,15,17). The fourth-order valence-electron chi connectivity index (χ4n) is 1.96. The lowest BCUT2D eigenvalue weighted by molar-refractivity contribution is -0.123. The first-order chi connectivity index (χ1) is 8.13. The number of amides is 1.